The third-order valence-electron chi connectivity index (χ3n) is 3.96. The third kappa shape index (κ3) is 4.23. The molecule has 4 heteroatoms. The smallest absolute Gasteiger partial charge is 0.223 e. The Morgan fingerprint density at radius 3 is 2.39 bits per heavy atom. The van der Waals surface area contributed by atoms with Crippen molar-refractivity contribution in [1.29, 1.82) is 0 Å². The fraction of sp³-hybridized carbons (Fsp3) is 0.929. The van der Waals surface area contributed by atoms with Gasteiger partial charge < -0.3 is 10.1 Å². The van der Waals surface area contributed by atoms with Gasteiger partial charge in [0.1, 0.15) is 0 Å². The van der Waals surface area contributed by atoms with E-state index in [1.807, 2.05) is 0 Å². The minimum absolute atomic E-state index is 0.0866. The quantitative estimate of drug-likeness (QED) is 0.763. The molecule has 1 unspecified atom stereocenters. The van der Waals surface area contributed by atoms with Gasteiger partial charge in [-0.3, -0.25) is 4.79 Å². The molecule has 1 atom stereocenters. The number of alkyl halides is 1. The van der Waals surface area contributed by atoms with Gasteiger partial charge in [0.25, 0.3) is 0 Å². The Hall–Kier alpha value is -0.0900. The van der Waals surface area contributed by atoms with Crippen LogP contribution in [-0.4, -0.2) is 30.0 Å². The van der Waals surface area contributed by atoms with Gasteiger partial charge in [-0.1, -0.05) is 36.7 Å². The molecule has 106 valence electrons. The van der Waals surface area contributed by atoms with Crippen LogP contribution >= 0.6 is 15.9 Å². The third-order valence-corrected chi connectivity index (χ3v) is 4.42. The molecular formula is C14H26BrNO2. The first-order valence-electron chi connectivity index (χ1n) is 6.73. The van der Waals surface area contributed by atoms with Crippen LogP contribution in [0.1, 0.15) is 52.9 Å². The number of hydrogen-bond donors (Lipinski definition) is 1. The van der Waals surface area contributed by atoms with Crippen molar-refractivity contribution in [2.45, 2.75) is 64.5 Å². The maximum Gasteiger partial charge on any atom is 0.223 e. The molecule has 1 fully saturated rings. The molecule has 0 aromatic heterocycles. The normalized spacial score (nSPS) is 20.1. The highest BCUT2D eigenvalue weighted by atomic mass is 79.9. The van der Waals surface area contributed by atoms with E-state index in [1.54, 1.807) is 7.11 Å². The van der Waals surface area contributed by atoms with Crippen molar-refractivity contribution in [3.05, 3.63) is 0 Å². The Bertz CT molecular complexity index is 276. The molecule has 1 aliphatic carbocycles. The molecule has 1 amide bonds. The van der Waals surface area contributed by atoms with E-state index >= 15 is 0 Å². The summed E-state index contributed by atoms with van der Waals surface area (Å²) in [6.07, 6.45) is 4.64. The van der Waals surface area contributed by atoms with Gasteiger partial charge in [-0.05, 0) is 31.1 Å². The first-order chi connectivity index (χ1) is 8.33. The summed E-state index contributed by atoms with van der Waals surface area (Å²) in [6, 6.07) is 0.207. The van der Waals surface area contributed by atoms with Crippen LogP contribution in [0.25, 0.3) is 0 Å². The SMILES string of the molecule is COC1(CC(=O)NC(CCBr)C(C)(C)C)CCC1. The van der Waals surface area contributed by atoms with Crippen LogP contribution in [0.3, 0.4) is 0 Å². The highest BCUT2D eigenvalue weighted by Crippen LogP contribution is 2.38. The van der Waals surface area contributed by atoms with Crippen LogP contribution in [0, 0.1) is 5.41 Å². The second-order valence-electron chi connectivity index (χ2n) is 6.38. The minimum atomic E-state index is -0.180. The summed E-state index contributed by atoms with van der Waals surface area (Å²) in [6.45, 7) is 6.49. The molecule has 0 spiro atoms. The molecule has 0 aromatic rings. The molecule has 0 saturated heterocycles. The molecule has 3 nitrogen and oxygen atoms in total. The largest absolute Gasteiger partial charge is 0.378 e. The van der Waals surface area contributed by atoms with Crippen LogP contribution in [-0.2, 0) is 9.53 Å². The van der Waals surface area contributed by atoms with Gasteiger partial charge in [0.05, 0.1) is 12.0 Å². The monoisotopic (exact) mass is 319 g/mol. The van der Waals surface area contributed by atoms with Gasteiger partial charge in [0, 0.05) is 18.5 Å². The second kappa shape index (κ2) is 6.38. The van der Waals surface area contributed by atoms with E-state index in [0.29, 0.717) is 6.42 Å². The lowest BCUT2D eigenvalue weighted by atomic mass is 9.77. The first-order valence-corrected chi connectivity index (χ1v) is 7.86. The Morgan fingerprint density at radius 1 is 1.44 bits per heavy atom. The van der Waals surface area contributed by atoms with E-state index < -0.39 is 0 Å². The number of halogens is 1. The fourth-order valence-electron chi connectivity index (χ4n) is 2.39. The van der Waals surface area contributed by atoms with Crippen molar-refractivity contribution in [2.24, 2.45) is 5.41 Å². The zero-order valence-corrected chi connectivity index (χ0v) is 13.6. The molecule has 0 radical (unpaired) electrons. The van der Waals surface area contributed by atoms with Gasteiger partial charge >= 0.3 is 0 Å². The number of carbonyl (C=O) groups is 1. The van der Waals surface area contributed by atoms with Gasteiger partial charge in [-0.15, -0.1) is 0 Å². The van der Waals surface area contributed by atoms with Crippen molar-refractivity contribution < 1.29 is 9.53 Å². The van der Waals surface area contributed by atoms with E-state index in [0.717, 1.165) is 24.6 Å². The maximum absolute atomic E-state index is 12.1. The lowest BCUT2D eigenvalue weighted by Gasteiger charge is -2.41. The second-order valence-corrected chi connectivity index (χ2v) is 7.17. The number of nitrogens with one attached hydrogen (secondary N) is 1. The minimum Gasteiger partial charge on any atom is -0.378 e. The molecule has 18 heavy (non-hydrogen) atoms. The Morgan fingerprint density at radius 2 is 2.06 bits per heavy atom. The molecule has 0 aromatic carbocycles. The van der Waals surface area contributed by atoms with Crippen molar-refractivity contribution in [1.82, 2.24) is 5.32 Å². The van der Waals surface area contributed by atoms with Crippen molar-refractivity contribution in [3.8, 4) is 0 Å². The summed E-state index contributed by atoms with van der Waals surface area (Å²) in [5.74, 6) is 0.123. The van der Waals surface area contributed by atoms with Crippen LogP contribution in [0.5, 0.6) is 0 Å². The van der Waals surface area contributed by atoms with Crippen molar-refractivity contribution in [3.63, 3.8) is 0 Å². The fourth-order valence-corrected chi connectivity index (χ4v) is 2.85. The average molecular weight is 320 g/mol. The lowest BCUT2D eigenvalue weighted by molar-refractivity contribution is -0.135. The topological polar surface area (TPSA) is 38.3 Å². The van der Waals surface area contributed by atoms with E-state index in [9.17, 15) is 4.79 Å². The number of carbonyl (C=O) groups excluding carboxylic acids is 1. The number of amides is 1. The zero-order valence-electron chi connectivity index (χ0n) is 12.0. The van der Waals surface area contributed by atoms with Gasteiger partial charge in [0.2, 0.25) is 5.91 Å². The highest BCUT2D eigenvalue weighted by molar-refractivity contribution is 9.09. The van der Waals surface area contributed by atoms with Crippen molar-refractivity contribution >= 4 is 21.8 Å². The van der Waals surface area contributed by atoms with Gasteiger partial charge in [-0.2, -0.15) is 0 Å². The zero-order chi connectivity index (χ0) is 13.8. The van der Waals surface area contributed by atoms with E-state index in [2.05, 4.69) is 42.0 Å². The van der Waals surface area contributed by atoms with Crippen LogP contribution in [0.4, 0.5) is 0 Å². The summed E-state index contributed by atoms with van der Waals surface area (Å²) >= 11 is 3.46. The van der Waals surface area contributed by atoms with Crippen molar-refractivity contribution in [2.75, 3.05) is 12.4 Å². The summed E-state index contributed by atoms with van der Waals surface area (Å²) in [5.41, 5.74) is -0.0931. The summed E-state index contributed by atoms with van der Waals surface area (Å²) in [7, 11) is 1.71. The number of hydrogen-bond acceptors (Lipinski definition) is 2. The Kier molecular flexibility index (Phi) is 5.66. The molecule has 1 N–H and O–H groups in total. The highest BCUT2D eigenvalue weighted by Gasteiger charge is 2.39. The van der Waals surface area contributed by atoms with Gasteiger partial charge in [0.15, 0.2) is 0 Å². The number of ether oxygens (including phenoxy) is 1. The molecule has 0 heterocycles. The summed E-state index contributed by atoms with van der Waals surface area (Å²) in [5, 5.41) is 4.07. The molecule has 1 saturated carbocycles. The molecular weight excluding hydrogens is 294 g/mol. The van der Waals surface area contributed by atoms with E-state index in [1.165, 1.54) is 6.42 Å². The summed E-state index contributed by atoms with van der Waals surface area (Å²) < 4.78 is 5.50. The van der Waals surface area contributed by atoms with E-state index in [-0.39, 0.29) is 23.0 Å². The Labute approximate surface area is 119 Å². The summed E-state index contributed by atoms with van der Waals surface area (Å²) in [4.78, 5) is 12.1. The predicted molar refractivity (Wildman–Crippen MR) is 78.0 cm³/mol. The average Bonchev–Trinajstić information content (AvgIpc) is 2.21. The van der Waals surface area contributed by atoms with Crippen LogP contribution in [0.15, 0.2) is 0 Å². The van der Waals surface area contributed by atoms with Gasteiger partial charge in [-0.25, -0.2) is 0 Å². The molecule has 0 aliphatic heterocycles. The lowest BCUT2D eigenvalue weighted by Crippen LogP contribution is -2.49. The maximum atomic E-state index is 12.1. The molecule has 0 bridgehead atoms. The van der Waals surface area contributed by atoms with Crippen LogP contribution in [0.2, 0.25) is 0 Å². The molecule has 1 rings (SSSR count). The number of methoxy groups -OCH3 is 1. The Balaban J connectivity index is 2.51. The predicted octanol–water partition coefficient (Wildman–Crippen LogP) is 3.26. The first kappa shape index (κ1) is 16.0. The molecule has 1 aliphatic rings. The van der Waals surface area contributed by atoms with E-state index in [4.69, 9.17) is 4.74 Å². The standard InChI is InChI=1S/C14H26BrNO2/c1-13(2,3)11(6-9-15)16-12(17)10-14(18-4)7-5-8-14/h11H,5-10H2,1-4H3,(H,16,17). The van der Waals surface area contributed by atoms with Crippen LogP contribution < -0.4 is 5.32 Å². The number of rotatable bonds is 6.